The lowest BCUT2D eigenvalue weighted by Gasteiger charge is -2.23. The maximum atomic E-state index is 10.4. The molecule has 0 saturated carbocycles. The molecule has 0 aromatic heterocycles. The molecule has 0 atom stereocenters. The molecule has 0 spiro atoms. The molecule has 1 aliphatic rings. The van der Waals surface area contributed by atoms with Gasteiger partial charge in [0.05, 0.1) is 4.47 Å². The summed E-state index contributed by atoms with van der Waals surface area (Å²) in [5.41, 5.74) is 2.20. The van der Waals surface area contributed by atoms with Crippen molar-refractivity contribution in [3.8, 4) is 11.5 Å². The zero-order chi connectivity index (χ0) is 11.5. The van der Waals surface area contributed by atoms with Crippen molar-refractivity contribution < 1.29 is 14.3 Å². The van der Waals surface area contributed by atoms with Gasteiger partial charge in [0.2, 0.25) is 0 Å². The van der Waals surface area contributed by atoms with Crippen LogP contribution in [0, 0.1) is 6.92 Å². The summed E-state index contributed by atoms with van der Waals surface area (Å²) in [5.74, 6) is 1.58. The van der Waals surface area contributed by atoms with Gasteiger partial charge in [-0.25, -0.2) is 0 Å². The Morgan fingerprint density at radius 2 is 2.06 bits per heavy atom. The summed E-state index contributed by atoms with van der Waals surface area (Å²) in [4.78, 5) is 10.4. The van der Waals surface area contributed by atoms with Crippen molar-refractivity contribution in [2.75, 3.05) is 13.2 Å². The zero-order valence-electron chi connectivity index (χ0n) is 9.09. The highest BCUT2D eigenvalue weighted by atomic mass is 79.9. The summed E-state index contributed by atoms with van der Waals surface area (Å²) in [7, 11) is 0. The Hall–Kier alpha value is -1.03. The van der Waals surface area contributed by atoms with Gasteiger partial charge < -0.3 is 14.3 Å². The Labute approximate surface area is 103 Å². The topological polar surface area (TPSA) is 35.5 Å². The molecule has 3 nitrogen and oxygen atoms in total. The third-order valence-corrected chi connectivity index (χ3v) is 3.24. The van der Waals surface area contributed by atoms with Crippen LogP contribution in [-0.4, -0.2) is 19.5 Å². The number of aldehydes is 1. The minimum absolute atomic E-state index is 0.535. The van der Waals surface area contributed by atoms with Crippen LogP contribution in [0.4, 0.5) is 0 Å². The van der Waals surface area contributed by atoms with E-state index in [4.69, 9.17) is 9.47 Å². The summed E-state index contributed by atoms with van der Waals surface area (Å²) < 4.78 is 12.1. The molecule has 86 valence electrons. The first-order chi connectivity index (χ1) is 7.74. The molecule has 1 aliphatic heterocycles. The Morgan fingerprint density at radius 3 is 2.75 bits per heavy atom. The summed E-state index contributed by atoms with van der Waals surface area (Å²) in [6, 6.07) is 2.01. The van der Waals surface area contributed by atoms with Crippen molar-refractivity contribution in [3.05, 3.63) is 21.7 Å². The highest BCUT2D eigenvalue weighted by molar-refractivity contribution is 9.10. The minimum atomic E-state index is 0.535. The van der Waals surface area contributed by atoms with Crippen molar-refractivity contribution in [2.24, 2.45) is 0 Å². The molecule has 0 unspecified atom stereocenters. The standard InChI is InChI=1S/C12H13BrO3/c1-8-9(3-2-4-14)7-10(13)12-11(8)15-5-6-16-12/h4,7H,2-3,5-6H2,1H3. The Bertz CT molecular complexity index is 415. The molecule has 0 aliphatic carbocycles. The van der Waals surface area contributed by atoms with Crippen LogP contribution < -0.4 is 9.47 Å². The number of fused-ring (bicyclic) bond motifs is 1. The van der Waals surface area contributed by atoms with Gasteiger partial charge in [0.15, 0.2) is 11.5 Å². The van der Waals surface area contributed by atoms with Gasteiger partial charge in [-0.05, 0) is 46.5 Å². The second kappa shape index (κ2) is 4.87. The fraction of sp³-hybridized carbons (Fsp3) is 0.417. The molecule has 0 fully saturated rings. The van der Waals surface area contributed by atoms with E-state index >= 15 is 0 Å². The molecule has 0 amide bonds. The van der Waals surface area contributed by atoms with E-state index in [1.54, 1.807) is 0 Å². The van der Waals surface area contributed by atoms with Gasteiger partial charge in [-0.3, -0.25) is 0 Å². The molecule has 0 radical (unpaired) electrons. The number of benzene rings is 1. The van der Waals surface area contributed by atoms with E-state index in [1.807, 2.05) is 13.0 Å². The van der Waals surface area contributed by atoms with Crippen LogP contribution in [0.3, 0.4) is 0 Å². The Morgan fingerprint density at radius 1 is 1.38 bits per heavy atom. The van der Waals surface area contributed by atoms with Crippen LogP contribution in [0.1, 0.15) is 17.5 Å². The van der Waals surface area contributed by atoms with Crippen LogP contribution in [0.5, 0.6) is 11.5 Å². The zero-order valence-corrected chi connectivity index (χ0v) is 10.7. The van der Waals surface area contributed by atoms with E-state index in [9.17, 15) is 4.79 Å². The average molecular weight is 285 g/mol. The molecule has 0 saturated heterocycles. The Balaban J connectivity index is 2.41. The first-order valence-corrected chi connectivity index (χ1v) is 6.04. The maximum absolute atomic E-state index is 10.4. The predicted molar refractivity (Wildman–Crippen MR) is 64.3 cm³/mol. The van der Waals surface area contributed by atoms with Crippen molar-refractivity contribution >= 4 is 22.2 Å². The third-order valence-electron chi connectivity index (χ3n) is 2.65. The molecule has 0 bridgehead atoms. The van der Waals surface area contributed by atoms with Gasteiger partial charge in [0, 0.05) is 6.42 Å². The maximum Gasteiger partial charge on any atom is 0.175 e. The lowest BCUT2D eigenvalue weighted by atomic mass is 10.0. The van der Waals surface area contributed by atoms with Crippen LogP contribution >= 0.6 is 15.9 Å². The Kier molecular flexibility index (Phi) is 3.49. The monoisotopic (exact) mass is 284 g/mol. The lowest BCUT2D eigenvalue weighted by Crippen LogP contribution is -2.17. The first-order valence-electron chi connectivity index (χ1n) is 5.25. The van der Waals surface area contributed by atoms with E-state index < -0.39 is 0 Å². The number of carbonyl (C=O) groups excluding carboxylic acids is 1. The molecule has 16 heavy (non-hydrogen) atoms. The number of aryl methyl sites for hydroxylation is 1. The van der Waals surface area contributed by atoms with Crippen molar-refractivity contribution in [1.29, 1.82) is 0 Å². The van der Waals surface area contributed by atoms with Gasteiger partial charge in [-0.2, -0.15) is 0 Å². The molecular formula is C12H13BrO3. The highest BCUT2D eigenvalue weighted by Crippen LogP contribution is 2.41. The number of hydrogen-bond acceptors (Lipinski definition) is 3. The summed E-state index contributed by atoms with van der Waals surface area (Å²) in [6.45, 7) is 3.16. The molecule has 1 heterocycles. The smallest absolute Gasteiger partial charge is 0.175 e. The van der Waals surface area contributed by atoms with Gasteiger partial charge in [0.25, 0.3) is 0 Å². The lowest BCUT2D eigenvalue weighted by molar-refractivity contribution is -0.107. The molecule has 2 rings (SSSR count). The number of hydrogen-bond donors (Lipinski definition) is 0. The third kappa shape index (κ3) is 2.07. The molecule has 1 aromatic rings. The summed E-state index contributed by atoms with van der Waals surface area (Å²) in [6.07, 6.45) is 2.21. The van der Waals surface area contributed by atoms with Gasteiger partial charge in [-0.1, -0.05) is 0 Å². The normalized spacial score (nSPS) is 13.6. The molecule has 0 N–H and O–H groups in total. The van der Waals surface area contributed by atoms with E-state index in [1.165, 1.54) is 0 Å². The van der Waals surface area contributed by atoms with Crippen molar-refractivity contribution in [1.82, 2.24) is 0 Å². The van der Waals surface area contributed by atoms with Crippen LogP contribution in [-0.2, 0) is 11.2 Å². The number of ether oxygens (including phenoxy) is 2. The number of halogens is 1. The fourth-order valence-electron chi connectivity index (χ4n) is 1.82. The second-order valence-electron chi connectivity index (χ2n) is 3.70. The summed E-state index contributed by atoms with van der Waals surface area (Å²) in [5, 5.41) is 0. The molecule has 4 heteroatoms. The predicted octanol–water partition coefficient (Wildman–Crippen LogP) is 2.66. The highest BCUT2D eigenvalue weighted by Gasteiger charge is 2.19. The average Bonchev–Trinajstić information content (AvgIpc) is 2.32. The van der Waals surface area contributed by atoms with Crippen LogP contribution in [0.25, 0.3) is 0 Å². The van der Waals surface area contributed by atoms with Gasteiger partial charge in [-0.15, -0.1) is 0 Å². The van der Waals surface area contributed by atoms with E-state index in [0.29, 0.717) is 19.6 Å². The fourth-order valence-corrected chi connectivity index (χ4v) is 2.39. The second-order valence-corrected chi connectivity index (χ2v) is 4.56. The molecule has 1 aromatic carbocycles. The summed E-state index contributed by atoms with van der Waals surface area (Å²) >= 11 is 3.47. The van der Waals surface area contributed by atoms with Crippen molar-refractivity contribution in [2.45, 2.75) is 19.8 Å². The van der Waals surface area contributed by atoms with E-state index in [2.05, 4.69) is 15.9 Å². The van der Waals surface area contributed by atoms with Crippen LogP contribution in [0.2, 0.25) is 0 Å². The number of rotatable bonds is 3. The van der Waals surface area contributed by atoms with Crippen LogP contribution in [0.15, 0.2) is 10.5 Å². The van der Waals surface area contributed by atoms with Gasteiger partial charge in [0.1, 0.15) is 19.5 Å². The van der Waals surface area contributed by atoms with E-state index in [-0.39, 0.29) is 0 Å². The van der Waals surface area contributed by atoms with E-state index in [0.717, 1.165) is 39.8 Å². The first kappa shape index (κ1) is 11.5. The van der Waals surface area contributed by atoms with Gasteiger partial charge >= 0.3 is 0 Å². The largest absolute Gasteiger partial charge is 0.486 e. The SMILES string of the molecule is Cc1c(CCC=O)cc(Br)c2c1OCCO2. The van der Waals surface area contributed by atoms with Crippen molar-refractivity contribution in [3.63, 3.8) is 0 Å². The minimum Gasteiger partial charge on any atom is -0.486 e. The molecular weight excluding hydrogens is 272 g/mol. The quantitative estimate of drug-likeness (QED) is 0.801. The number of carbonyl (C=O) groups is 1.